The van der Waals surface area contributed by atoms with Crippen molar-refractivity contribution in [2.24, 2.45) is 20.7 Å². The smallest absolute Gasteiger partial charge is 0.337 e. The van der Waals surface area contributed by atoms with Crippen LogP contribution in [-0.4, -0.2) is 62.4 Å². The Morgan fingerprint density at radius 1 is 0.688 bits per heavy atom. The van der Waals surface area contributed by atoms with Crippen molar-refractivity contribution in [3.63, 3.8) is 0 Å². The molecule has 0 aliphatic carbocycles. The number of methoxy groups -OCH3 is 2. The van der Waals surface area contributed by atoms with Crippen molar-refractivity contribution < 1.29 is 19.1 Å². The maximum absolute atomic E-state index is 11.5. The van der Waals surface area contributed by atoms with E-state index in [4.69, 9.17) is 0 Å². The molecular weight excluding hydrogens is 412 g/mol. The van der Waals surface area contributed by atoms with Gasteiger partial charge in [-0.15, -0.1) is 10.2 Å². The highest BCUT2D eigenvalue weighted by atomic mass is 16.5. The van der Waals surface area contributed by atoms with Gasteiger partial charge in [-0.25, -0.2) is 9.59 Å². The molecule has 0 bridgehead atoms. The minimum atomic E-state index is -0.392. The van der Waals surface area contributed by atoms with E-state index in [1.807, 2.05) is 23.9 Å². The monoisotopic (exact) mass is 440 g/mol. The van der Waals surface area contributed by atoms with Gasteiger partial charge in [-0.2, -0.15) is 0 Å². The van der Waals surface area contributed by atoms with Gasteiger partial charge in [-0.05, 0) is 62.4 Å². The zero-order chi connectivity index (χ0) is 23.3. The van der Waals surface area contributed by atoms with Crippen LogP contribution in [-0.2, 0) is 9.47 Å². The SMILES string of the molecule is CCN(CCN(CC)N=Nc1ccc(C(=O)OC)cc1)N=Nc1ccc(C(=O)OC)cc1. The van der Waals surface area contributed by atoms with E-state index >= 15 is 0 Å². The van der Waals surface area contributed by atoms with E-state index in [0.29, 0.717) is 48.7 Å². The minimum absolute atomic E-state index is 0.392. The van der Waals surface area contributed by atoms with Crippen LogP contribution >= 0.6 is 0 Å². The predicted octanol–water partition coefficient (Wildman–Crippen LogP) is 4.60. The third kappa shape index (κ3) is 7.46. The van der Waals surface area contributed by atoms with Crippen LogP contribution in [0.2, 0.25) is 0 Å². The molecule has 170 valence electrons. The van der Waals surface area contributed by atoms with Crippen molar-refractivity contribution in [3.05, 3.63) is 59.7 Å². The second-order valence-corrected chi connectivity index (χ2v) is 6.55. The number of hydrogen-bond donors (Lipinski definition) is 0. The number of hydrogen-bond acceptors (Lipinski definition) is 8. The van der Waals surface area contributed by atoms with Crippen LogP contribution in [0.25, 0.3) is 0 Å². The lowest BCUT2D eigenvalue weighted by atomic mass is 10.2. The predicted molar refractivity (Wildman–Crippen MR) is 119 cm³/mol. The molecule has 2 aromatic carbocycles. The molecule has 0 fully saturated rings. The van der Waals surface area contributed by atoms with Gasteiger partial charge in [-0.1, -0.05) is 10.4 Å². The number of ether oxygens (including phenoxy) is 2. The lowest BCUT2D eigenvalue weighted by molar-refractivity contribution is 0.0592. The number of likely N-dealkylation sites (N-methyl/N-ethyl adjacent to an activating group) is 2. The summed E-state index contributed by atoms with van der Waals surface area (Å²) >= 11 is 0. The lowest BCUT2D eigenvalue weighted by Gasteiger charge is -2.20. The molecule has 0 aromatic heterocycles. The molecule has 10 heteroatoms. The molecule has 0 aliphatic heterocycles. The van der Waals surface area contributed by atoms with Gasteiger partial charge in [0.2, 0.25) is 0 Å². The highest BCUT2D eigenvalue weighted by Crippen LogP contribution is 2.16. The summed E-state index contributed by atoms with van der Waals surface area (Å²) in [5.41, 5.74) is 2.20. The number of carbonyl (C=O) groups excluding carboxylic acids is 2. The second kappa shape index (κ2) is 12.8. The highest BCUT2D eigenvalue weighted by Gasteiger charge is 2.07. The molecule has 0 unspecified atom stereocenters. The summed E-state index contributed by atoms with van der Waals surface area (Å²) < 4.78 is 9.37. The summed E-state index contributed by atoms with van der Waals surface area (Å²) in [6.45, 7) is 6.53. The zero-order valence-electron chi connectivity index (χ0n) is 18.8. The number of benzene rings is 2. The molecule has 2 aromatic rings. The van der Waals surface area contributed by atoms with Crippen molar-refractivity contribution >= 4 is 23.3 Å². The molecular formula is C22H28N6O4. The van der Waals surface area contributed by atoms with Crippen molar-refractivity contribution in [3.8, 4) is 0 Å². The first kappa shape index (κ1) is 24.4. The van der Waals surface area contributed by atoms with E-state index in [0.717, 1.165) is 0 Å². The summed E-state index contributed by atoms with van der Waals surface area (Å²) in [6, 6.07) is 13.4. The molecule has 0 spiro atoms. The fourth-order valence-electron chi connectivity index (χ4n) is 2.56. The molecule has 2 rings (SSSR count). The molecule has 0 saturated carbocycles. The Kier molecular flexibility index (Phi) is 9.76. The molecule has 0 aliphatic rings. The average Bonchev–Trinajstić information content (AvgIpc) is 2.85. The molecule has 0 saturated heterocycles. The van der Waals surface area contributed by atoms with E-state index < -0.39 is 11.9 Å². The fraction of sp³-hybridized carbons (Fsp3) is 0.364. The molecule has 0 radical (unpaired) electrons. The molecule has 10 nitrogen and oxygen atoms in total. The highest BCUT2D eigenvalue weighted by molar-refractivity contribution is 5.90. The number of rotatable bonds is 11. The average molecular weight is 441 g/mol. The van der Waals surface area contributed by atoms with Gasteiger partial charge < -0.3 is 9.47 Å². The molecule has 0 amide bonds. The Balaban J connectivity index is 1.90. The summed E-state index contributed by atoms with van der Waals surface area (Å²) in [6.07, 6.45) is 0. The van der Waals surface area contributed by atoms with E-state index in [9.17, 15) is 9.59 Å². The standard InChI is InChI=1S/C22H28N6O4/c1-5-27(25-23-19-11-7-17(8-12-19)21(29)31-3)15-16-28(6-2)26-24-20-13-9-18(10-14-20)22(30)32-4/h7-14H,5-6,15-16H2,1-4H3. The van der Waals surface area contributed by atoms with Crippen molar-refractivity contribution in [1.82, 2.24) is 10.0 Å². The van der Waals surface area contributed by atoms with Crippen LogP contribution in [0.4, 0.5) is 11.4 Å². The van der Waals surface area contributed by atoms with Gasteiger partial charge in [0, 0.05) is 13.1 Å². The first-order valence-corrected chi connectivity index (χ1v) is 10.2. The quantitative estimate of drug-likeness (QED) is 0.287. The van der Waals surface area contributed by atoms with Crippen LogP contribution in [0.15, 0.2) is 69.2 Å². The molecule has 0 heterocycles. The van der Waals surface area contributed by atoms with Gasteiger partial charge in [-0.3, -0.25) is 10.0 Å². The summed E-state index contributed by atoms with van der Waals surface area (Å²) in [7, 11) is 2.68. The van der Waals surface area contributed by atoms with E-state index in [-0.39, 0.29) is 0 Å². The Bertz CT molecular complexity index is 851. The summed E-state index contributed by atoms with van der Waals surface area (Å²) in [5, 5.41) is 20.6. The van der Waals surface area contributed by atoms with Crippen molar-refractivity contribution in [2.75, 3.05) is 40.4 Å². The Hall–Kier alpha value is -3.82. The van der Waals surface area contributed by atoms with Gasteiger partial charge >= 0.3 is 11.9 Å². The van der Waals surface area contributed by atoms with Gasteiger partial charge in [0.05, 0.1) is 49.8 Å². The number of carbonyl (C=O) groups is 2. The topological polar surface area (TPSA) is 109 Å². The van der Waals surface area contributed by atoms with Crippen molar-refractivity contribution in [1.29, 1.82) is 0 Å². The Labute approximate surface area is 187 Å². The largest absolute Gasteiger partial charge is 0.465 e. The first-order valence-electron chi connectivity index (χ1n) is 10.2. The normalized spacial score (nSPS) is 11.0. The molecule has 32 heavy (non-hydrogen) atoms. The molecule has 0 atom stereocenters. The van der Waals surface area contributed by atoms with Crippen LogP contribution in [0, 0.1) is 0 Å². The molecule has 0 N–H and O–H groups in total. The fourth-order valence-corrected chi connectivity index (χ4v) is 2.56. The maximum Gasteiger partial charge on any atom is 0.337 e. The van der Waals surface area contributed by atoms with Crippen LogP contribution in [0.5, 0.6) is 0 Å². The van der Waals surface area contributed by atoms with Crippen LogP contribution in [0.1, 0.15) is 34.6 Å². The minimum Gasteiger partial charge on any atom is -0.465 e. The Morgan fingerprint density at radius 3 is 1.31 bits per heavy atom. The van der Waals surface area contributed by atoms with Gasteiger partial charge in [0.25, 0.3) is 0 Å². The summed E-state index contributed by atoms with van der Waals surface area (Å²) in [5.74, 6) is -0.784. The number of nitrogens with zero attached hydrogens (tertiary/aromatic N) is 6. The summed E-state index contributed by atoms with van der Waals surface area (Å²) in [4.78, 5) is 23.0. The third-order valence-corrected chi connectivity index (χ3v) is 4.50. The lowest BCUT2D eigenvalue weighted by Crippen LogP contribution is -2.29. The van der Waals surface area contributed by atoms with E-state index in [1.165, 1.54) is 14.2 Å². The second-order valence-electron chi connectivity index (χ2n) is 6.55. The Morgan fingerprint density at radius 2 is 1.03 bits per heavy atom. The maximum atomic E-state index is 11.5. The van der Waals surface area contributed by atoms with E-state index in [2.05, 4.69) is 30.1 Å². The van der Waals surface area contributed by atoms with Gasteiger partial charge in [0.1, 0.15) is 0 Å². The first-order chi connectivity index (χ1) is 15.5. The number of esters is 2. The third-order valence-electron chi connectivity index (χ3n) is 4.50. The van der Waals surface area contributed by atoms with Gasteiger partial charge in [0.15, 0.2) is 0 Å². The van der Waals surface area contributed by atoms with Crippen LogP contribution < -0.4 is 0 Å². The zero-order valence-corrected chi connectivity index (χ0v) is 18.8. The van der Waals surface area contributed by atoms with Crippen molar-refractivity contribution in [2.45, 2.75) is 13.8 Å². The van der Waals surface area contributed by atoms with E-state index in [1.54, 1.807) is 48.5 Å². The van der Waals surface area contributed by atoms with Crippen LogP contribution in [0.3, 0.4) is 0 Å².